The Kier molecular flexibility index (Phi) is 5.15. The van der Waals surface area contributed by atoms with Crippen LogP contribution in [0, 0.1) is 0 Å². The maximum absolute atomic E-state index is 13.1. The Labute approximate surface area is 163 Å². The molecule has 1 saturated heterocycles. The van der Waals surface area contributed by atoms with Gasteiger partial charge in [0.05, 0.1) is 18.6 Å². The molecule has 2 aromatic carbocycles. The summed E-state index contributed by atoms with van der Waals surface area (Å²) in [5.41, 5.74) is 0.606. The van der Waals surface area contributed by atoms with E-state index in [-0.39, 0.29) is 18.2 Å². The Balaban J connectivity index is 1.50. The van der Waals surface area contributed by atoms with E-state index in [9.17, 15) is 13.2 Å². The van der Waals surface area contributed by atoms with Crippen molar-refractivity contribution in [1.29, 1.82) is 0 Å². The monoisotopic (exact) mass is 398 g/mol. The van der Waals surface area contributed by atoms with Gasteiger partial charge in [-0.15, -0.1) is 0 Å². The zero-order valence-corrected chi connectivity index (χ0v) is 16.2. The van der Waals surface area contributed by atoms with Gasteiger partial charge in [0.2, 0.25) is 0 Å². The van der Waals surface area contributed by atoms with Crippen LogP contribution in [-0.4, -0.2) is 59.5 Å². The van der Waals surface area contributed by atoms with Crippen molar-refractivity contribution >= 4 is 26.5 Å². The summed E-state index contributed by atoms with van der Waals surface area (Å²) in [6, 6.07) is 13.3. The molecular formula is C20H22N4O3S. The summed E-state index contributed by atoms with van der Waals surface area (Å²) in [5.74, 6) is -0.134. The van der Waals surface area contributed by atoms with Crippen molar-refractivity contribution in [1.82, 2.24) is 19.8 Å². The predicted octanol–water partition coefficient (Wildman–Crippen LogP) is 1.52. The van der Waals surface area contributed by atoms with E-state index in [4.69, 9.17) is 0 Å². The van der Waals surface area contributed by atoms with Gasteiger partial charge in [-0.1, -0.05) is 36.4 Å². The lowest BCUT2D eigenvalue weighted by atomic mass is 10.0. The van der Waals surface area contributed by atoms with Gasteiger partial charge in [0.15, 0.2) is 9.84 Å². The highest BCUT2D eigenvalue weighted by Gasteiger charge is 2.32. The molecule has 1 aromatic heterocycles. The van der Waals surface area contributed by atoms with Crippen LogP contribution in [0.4, 0.5) is 0 Å². The van der Waals surface area contributed by atoms with Gasteiger partial charge in [-0.05, 0) is 16.8 Å². The summed E-state index contributed by atoms with van der Waals surface area (Å²) in [4.78, 5) is 18.7. The molecule has 1 amide bonds. The lowest BCUT2D eigenvalue weighted by Gasteiger charge is -2.33. The van der Waals surface area contributed by atoms with E-state index in [1.165, 1.54) is 0 Å². The molecule has 7 nitrogen and oxygen atoms in total. The van der Waals surface area contributed by atoms with Crippen LogP contribution < -0.4 is 5.32 Å². The number of rotatable bonds is 5. The van der Waals surface area contributed by atoms with Gasteiger partial charge in [0.25, 0.3) is 5.91 Å². The molecular weight excluding hydrogens is 376 g/mol. The third kappa shape index (κ3) is 3.79. The predicted molar refractivity (Wildman–Crippen MR) is 108 cm³/mol. The number of aryl methyl sites for hydroxylation is 1. The van der Waals surface area contributed by atoms with Gasteiger partial charge < -0.3 is 9.47 Å². The van der Waals surface area contributed by atoms with Crippen LogP contribution in [0.2, 0.25) is 0 Å². The van der Waals surface area contributed by atoms with Gasteiger partial charge in [0.1, 0.15) is 5.37 Å². The maximum Gasteiger partial charge on any atom is 0.254 e. The van der Waals surface area contributed by atoms with Crippen molar-refractivity contribution in [2.45, 2.75) is 11.9 Å². The number of benzene rings is 2. The summed E-state index contributed by atoms with van der Waals surface area (Å²) in [6.07, 6.45) is 4.95. The van der Waals surface area contributed by atoms with Crippen molar-refractivity contribution in [2.24, 2.45) is 0 Å². The molecule has 0 radical (unpaired) electrons. The quantitative estimate of drug-likeness (QED) is 0.705. The fourth-order valence-electron chi connectivity index (χ4n) is 3.52. The van der Waals surface area contributed by atoms with Gasteiger partial charge in [-0.25, -0.2) is 13.4 Å². The fraction of sp³-hybridized carbons (Fsp3) is 0.300. The van der Waals surface area contributed by atoms with Crippen LogP contribution in [0.15, 0.2) is 61.2 Å². The van der Waals surface area contributed by atoms with Gasteiger partial charge in [0, 0.05) is 37.6 Å². The number of carbonyl (C=O) groups excluding carboxylic acids is 1. The van der Waals surface area contributed by atoms with E-state index < -0.39 is 15.2 Å². The van der Waals surface area contributed by atoms with Crippen molar-refractivity contribution in [3.63, 3.8) is 0 Å². The second-order valence-electron chi connectivity index (χ2n) is 6.89. The number of aromatic nitrogens is 2. The molecule has 0 saturated carbocycles. The number of carbonyl (C=O) groups is 1. The first-order valence-electron chi connectivity index (χ1n) is 9.22. The van der Waals surface area contributed by atoms with Gasteiger partial charge in [-0.3, -0.25) is 10.1 Å². The lowest BCUT2D eigenvalue weighted by Crippen LogP contribution is -2.56. The molecule has 0 bridgehead atoms. The summed E-state index contributed by atoms with van der Waals surface area (Å²) in [7, 11) is -3.40. The summed E-state index contributed by atoms with van der Waals surface area (Å²) >= 11 is 0. The molecule has 8 heteroatoms. The highest BCUT2D eigenvalue weighted by molar-refractivity contribution is 7.92. The number of piperazine rings is 1. The molecule has 1 unspecified atom stereocenters. The average Bonchev–Trinajstić information content (AvgIpc) is 3.25. The summed E-state index contributed by atoms with van der Waals surface area (Å²) in [5, 5.41) is 4.17. The lowest BCUT2D eigenvalue weighted by molar-refractivity contribution is 0.0728. The number of imidazole rings is 1. The van der Waals surface area contributed by atoms with Crippen LogP contribution in [0.5, 0.6) is 0 Å². The van der Waals surface area contributed by atoms with E-state index in [0.29, 0.717) is 25.2 Å². The SMILES string of the molecule is O=C(c1cccc2ccccc12)N1CCNC(S(=O)(=O)CCn2ccnc2)C1. The molecule has 1 fully saturated rings. The second kappa shape index (κ2) is 7.73. The Morgan fingerprint density at radius 1 is 1.18 bits per heavy atom. The largest absolute Gasteiger partial charge is 0.336 e. The first kappa shape index (κ1) is 18.6. The molecule has 146 valence electrons. The first-order valence-corrected chi connectivity index (χ1v) is 10.9. The van der Waals surface area contributed by atoms with Crippen LogP contribution in [0.1, 0.15) is 10.4 Å². The smallest absolute Gasteiger partial charge is 0.254 e. The number of sulfone groups is 1. The molecule has 1 N–H and O–H groups in total. The van der Waals surface area contributed by atoms with Gasteiger partial charge >= 0.3 is 0 Å². The van der Waals surface area contributed by atoms with Crippen LogP contribution in [0.25, 0.3) is 10.8 Å². The Hall–Kier alpha value is -2.71. The third-order valence-corrected chi connectivity index (χ3v) is 7.01. The summed E-state index contributed by atoms with van der Waals surface area (Å²) in [6.45, 7) is 1.42. The van der Waals surface area contributed by atoms with Crippen molar-refractivity contribution < 1.29 is 13.2 Å². The molecule has 2 heterocycles. The Morgan fingerprint density at radius 2 is 2.00 bits per heavy atom. The maximum atomic E-state index is 13.1. The van der Waals surface area contributed by atoms with Crippen molar-refractivity contribution in [3.8, 4) is 0 Å². The highest BCUT2D eigenvalue weighted by Crippen LogP contribution is 2.21. The number of amides is 1. The average molecular weight is 398 g/mol. The van der Waals surface area contributed by atoms with E-state index in [2.05, 4.69) is 10.3 Å². The highest BCUT2D eigenvalue weighted by atomic mass is 32.2. The normalized spacial score (nSPS) is 17.7. The Morgan fingerprint density at radius 3 is 2.82 bits per heavy atom. The van der Waals surface area contributed by atoms with E-state index >= 15 is 0 Å². The van der Waals surface area contributed by atoms with Crippen molar-refractivity contribution in [3.05, 3.63) is 66.7 Å². The molecule has 0 spiro atoms. The van der Waals surface area contributed by atoms with Crippen molar-refractivity contribution in [2.75, 3.05) is 25.4 Å². The minimum atomic E-state index is -3.40. The number of hydrogen-bond acceptors (Lipinski definition) is 5. The van der Waals surface area contributed by atoms with Crippen LogP contribution in [0.3, 0.4) is 0 Å². The fourth-order valence-corrected chi connectivity index (χ4v) is 5.05. The zero-order valence-electron chi connectivity index (χ0n) is 15.4. The Bertz CT molecular complexity index is 1070. The standard InChI is InChI=1S/C20H22N4O3S/c25-20(18-7-3-5-16-4-1-2-6-17(16)18)24-11-9-22-19(14-24)28(26,27)13-12-23-10-8-21-15-23/h1-8,10,15,19,22H,9,11-14H2. The van der Waals surface area contributed by atoms with Crippen LogP contribution >= 0.6 is 0 Å². The third-order valence-electron chi connectivity index (χ3n) is 5.07. The molecule has 28 heavy (non-hydrogen) atoms. The minimum Gasteiger partial charge on any atom is -0.336 e. The molecule has 4 rings (SSSR count). The number of nitrogens with zero attached hydrogens (tertiary/aromatic N) is 3. The van der Waals surface area contributed by atoms with E-state index in [1.54, 1.807) is 34.3 Å². The topological polar surface area (TPSA) is 84.3 Å². The number of fused-ring (bicyclic) bond motifs is 1. The second-order valence-corrected chi connectivity index (χ2v) is 9.19. The molecule has 1 aliphatic rings. The zero-order chi connectivity index (χ0) is 19.6. The molecule has 1 aliphatic heterocycles. The molecule has 3 aromatic rings. The number of nitrogens with one attached hydrogen (secondary N) is 1. The molecule has 1 atom stereocenters. The summed E-state index contributed by atoms with van der Waals surface area (Å²) < 4.78 is 27.3. The first-order chi connectivity index (χ1) is 13.5. The minimum absolute atomic E-state index is 0.00265. The van der Waals surface area contributed by atoms with Gasteiger partial charge in [-0.2, -0.15) is 0 Å². The number of hydrogen-bond donors (Lipinski definition) is 1. The van der Waals surface area contributed by atoms with E-state index in [1.807, 2.05) is 36.4 Å². The molecule has 0 aliphatic carbocycles. The van der Waals surface area contributed by atoms with E-state index in [0.717, 1.165) is 10.8 Å². The van der Waals surface area contributed by atoms with Crippen LogP contribution in [-0.2, 0) is 16.4 Å².